The smallest absolute Gasteiger partial charge is 0.263 e. The molecule has 2 aromatic heterocycles. The predicted molar refractivity (Wildman–Crippen MR) is 133 cm³/mol. The van der Waals surface area contributed by atoms with Gasteiger partial charge in [-0.05, 0) is 62.3 Å². The molecule has 1 aliphatic carbocycles. The minimum Gasteiger partial charge on any atom is -0.491 e. The second-order valence-corrected chi connectivity index (χ2v) is 10.7. The molecule has 0 radical (unpaired) electrons. The highest BCUT2D eigenvalue weighted by molar-refractivity contribution is 7.21. The summed E-state index contributed by atoms with van der Waals surface area (Å²) in [6, 6.07) is 11.1. The maximum atomic E-state index is 13.0. The summed E-state index contributed by atoms with van der Waals surface area (Å²) in [7, 11) is 0. The molecular formula is C26H30N4O2S. The van der Waals surface area contributed by atoms with E-state index < -0.39 is 0 Å². The number of nitrogens with two attached hydrogens (primary N) is 1. The number of benzene rings is 1. The molecule has 0 bridgehead atoms. The Morgan fingerprint density at radius 2 is 2.09 bits per heavy atom. The van der Waals surface area contributed by atoms with Gasteiger partial charge in [-0.2, -0.15) is 0 Å². The van der Waals surface area contributed by atoms with Crippen molar-refractivity contribution in [2.45, 2.75) is 57.5 Å². The van der Waals surface area contributed by atoms with E-state index in [1.165, 1.54) is 49.1 Å². The molecular weight excluding hydrogens is 432 g/mol. The van der Waals surface area contributed by atoms with Crippen LogP contribution in [0.3, 0.4) is 0 Å². The Balaban J connectivity index is 1.16. The monoisotopic (exact) mass is 462 g/mol. The topological polar surface area (TPSA) is 80.5 Å². The molecule has 33 heavy (non-hydrogen) atoms. The second kappa shape index (κ2) is 8.20. The number of carbonyl (C=O) groups excluding carboxylic acids is 1. The molecule has 0 spiro atoms. The van der Waals surface area contributed by atoms with E-state index in [1.807, 2.05) is 19.1 Å². The number of nitrogen functional groups attached to an aromatic ring is 1. The maximum absolute atomic E-state index is 13.0. The largest absolute Gasteiger partial charge is 0.491 e. The molecule has 3 N–H and O–H groups in total. The van der Waals surface area contributed by atoms with E-state index in [0.717, 1.165) is 46.1 Å². The molecule has 6 rings (SSSR count). The number of hydrogen-bond donors (Lipinski definition) is 2. The summed E-state index contributed by atoms with van der Waals surface area (Å²) in [5.74, 6) is 1.66. The number of pyridine rings is 1. The van der Waals surface area contributed by atoms with Crippen molar-refractivity contribution in [1.29, 1.82) is 0 Å². The van der Waals surface area contributed by atoms with Gasteiger partial charge in [-0.15, -0.1) is 11.3 Å². The zero-order chi connectivity index (χ0) is 22.5. The quantitative estimate of drug-likeness (QED) is 0.590. The van der Waals surface area contributed by atoms with Crippen molar-refractivity contribution in [3.05, 3.63) is 46.5 Å². The lowest BCUT2D eigenvalue weighted by Gasteiger charge is -2.34. The van der Waals surface area contributed by atoms with Crippen LogP contribution in [-0.4, -0.2) is 36.1 Å². The Bertz CT molecular complexity index is 1220. The molecule has 3 atom stereocenters. The highest BCUT2D eigenvalue weighted by Gasteiger charge is 2.36. The molecule has 6 nitrogen and oxygen atoms in total. The highest BCUT2D eigenvalue weighted by Crippen LogP contribution is 2.40. The van der Waals surface area contributed by atoms with Crippen LogP contribution in [0.15, 0.2) is 30.3 Å². The van der Waals surface area contributed by atoms with Crippen molar-refractivity contribution >= 4 is 38.8 Å². The third-order valence-electron chi connectivity index (χ3n) is 7.57. The van der Waals surface area contributed by atoms with Gasteiger partial charge in [0.05, 0.1) is 11.7 Å². The van der Waals surface area contributed by atoms with Gasteiger partial charge in [-0.1, -0.05) is 18.9 Å². The molecule has 7 heteroatoms. The van der Waals surface area contributed by atoms with Crippen LogP contribution in [0.1, 0.15) is 53.0 Å². The number of aromatic nitrogens is 1. The lowest BCUT2D eigenvalue weighted by atomic mass is 9.85. The fourth-order valence-electron chi connectivity index (χ4n) is 5.87. The van der Waals surface area contributed by atoms with Crippen molar-refractivity contribution in [3.8, 4) is 5.75 Å². The third kappa shape index (κ3) is 3.72. The van der Waals surface area contributed by atoms with Gasteiger partial charge in [0.25, 0.3) is 5.91 Å². The Labute approximate surface area is 198 Å². The number of thiophene rings is 1. The Kier molecular flexibility index (Phi) is 5.17. The lowest BCUT2D eigenvalue weighted by molar-refractivity contribution is 0.0920. The molecule has 1 saturated heterocycles. The summed E-state index contributed by atoms with van der Waals surface area (Å²) in [6.45, 7) is 3.56. The summed E-state index contributed by atoms with van der Waals surface area (Å²) in [4.78, 5) is 21.4. The predicted octanol–water partition coefficient (Wildman–Crippen LogP) is 4.69. The standard InChI is InChI=1S/C26H30N4O2S/c1-15-6-9-20-23(27)24(33-26(20)28-15)25(31)29-18-12-17-7-8-19(13-22(17)32-14-18)30-11-10-16-4-2-3-5-21(16)30/h6-9,13,16,18,21H,2-5,10-12,14,27H2,1H3,(H,29,31)/t16-,18-,21-/m1/s1. The minimum absolute atomic E-state index is 0.0790. The van der Waals surface area contributed by atoms with Gasteiger partial charge >= 0.3 is 0 Å². The number of rotatable bonds is 3. The summed E-state index contributed by atoms with van der Waals surface area (Å²) < 4.78 is 6.13. The van der Waals surface area contributed by atoms with Crippen LogP contribution in [-0.2, 0) is 6.42 Å². The average molecular weight is 463 g/mol. The first-order chi connectivity index (χ1) is 16.1. The van der Waals surface area contributed by atoms with Crippen LogP contribution >= 0.6 is 11.3 Å². The van der Waals surface area contributed by atoms with Crippen molar-refractivity contribution < 1.29 is 9.53 Å². The number of ether oxygens (including phenoxy) is 1. The maximum Gasteiger partial charge on any atom is 0.263 e. The van der Waals surface area contributed by atoms with Crippen molar-refractivity contribution in [1.82, 2.24) is 10.3 Å². The van der Waals surface area contributed by atoms with Crippen molar-refractivity contribution in [3.63, 3.8) is 0 Å². The Hall–Kier alpha value is -2.80. The van der Waals surface area contributed by atoms with Crippen LogP contribution in [0.25, 0.3) is 10.2 Å². The van der Waals surface area contributed by atoms with E-state index in [0.29, 0.717) is 23.2 Å². The van der Waals surface area contributed by atoms with Crippen molar-refractivity contribution in [2.75, 3.05) is 23.8 Å². The van der Waals surface area contributed by atoms with E-state index in [-0.39, 0.29) is 11.9 Å². The number of amides is 1. The third-order valence-corrected chi connectivity index (χ3v) is 8.69. The number of nitrogens with zero attached hydrogens (tertiary/aromatic N) is 2. The molecule has 3 aromatic rings. The van der Waals surface area contributed by atoms with Gasteiger partial charge in [-0.25, -0.2) is 4.98 Å². The normalized spacial score (nSPS) is 24.3. The first kappa shape index (κ1) is 20.8. The fraction of sp³-hybridized carbons (Fsp3) is 0.462. The van der Waals surface area contributed by atoms with E-state index >= 15 is 0 Å². The number of aryl methyl sites for hydroxylation is 1. The van der Waals surface area contributed by atoms with Crippen LogP contribution in [0.4, 0.5) is 11.4 Å². The molecule has 3 aliphatic rings. The zero-order valence-electron chi connectivity index (χ0n) is 19.0. The minimum atomic E-state index is -0.151. The van der Waals surface area contributed by atoms with Crippen LogP contribution < -0.4 is 20.7 Å². The number of carbonyl (C=O) groups is 1. The molecule has 1 amide bonds. The number of nitrogens with one attached hydrogen (secondary N) is 1. The summed E-state index contributed by atoms with van der Waals surface area (Å²) in [5, 5.41) is 3.97. The summed E-state index contributed by atoms with van der Waals surface area (Å²) in [5.41, 5.74) is 10.1. The lowest BCUT2D eigenvalue weighted by Crippen LogP contribution is -2.42. The average Bonchev–Trinajstić information content (AvgIpc) is 3.40. The van der Waals surface area contributed by atoms with Crippen molar-refractivity contribution in [2.24, 2.45) is 5.92 Å². The molecule has 1 saturated carbocycles. The van der Waals surface area contributed by atoms with E-state index in [9.17, 15) is 4.79 Å². The van der Waals surface area contributed by atoms with Crippen LogP contribution in [0.5, 0.6) is 5.75 Å². The summed E-state index contributed by atoms with van der Waals surface area (Å²) >= 11 is 1.35. The van der Waals surface area contributed by atoms with E-state index in [1.54, 1.807) is 0 Å². The molecule has 2 aliphatic heterocycles. The van der Waals surface area contributed by atoms with Gasteiger partial charge in [0.1, 0.15) is 22.1 Å². The number of hydrogen-bond acceptors (Lipinski definition) is 6. The van der Waals surface area contributed by atoms with Crippen LogP contribution in [0.2, 0.25) is 0 Å². The first-order valence-corrected chi connectivity index (χ1v) is 12.9. The molecule has 2 fully saturated rings. The Morgan fingerprint density at radius 3 is 3.00 bits per heavy atom. The molecule has 172 valence electrons. The molecule has 4 heterocycles. The number of anilines is 2. The zero-order valence-corrected chi connectivity index (χ0v) is 19.8. The fourth-order valence-corrected chi connectivity index (χ4v) is 6.91. The molecule has 1 aromatic carbocycles. The van der Waals surface area contributed by atoms with Gasteiger partial charge < -0.3 is 20.7 Å². The molecule has 0 unspecified atom stereocenters. The van der Waals surface area contributed by atoms with E-state index in [4.69, 9.17) is 10.5 Å². The van der Waals surface area contributed by atoms with Crippen LogP contribution in [0, 0.1) is 12.8 Å². The first-order valence-electron chi connectivity index (χ1n) is 12.1. The van der Waals surface area contributed by atoms with Gasteiger partial charge in [-0.3, -0.25) is 4.79 Å². The number of fused-ring (bicyclic) bond motifs is 3. The summed E-state index contributed by atoms with van der Waals surface area (Å²) in [6.07, 6.45) is 7.50. The van der Waals surface area contributed by atoms with Gasteiger partial charge in [0.2, 0.25) is 0 Å². The van der Waals surface area contributed by atoms with Gasteiger partial charge in [0.15, 0.2) is 0 Å². The SMILES string of the molecule is Cc1ccc2c(N)c(C(=O)N[C@H]3COc4cc(N5CC[C@H]6CCCC[C@H]65)ccc4C3)sc2n1. The highest BCUT2D eigenvalue weighted by atomic mass is 32.1. The van der Waals surface area contributed by atoms with E-state index in [2.05, 4.69) is 33.4 Å². The van der Waals surface area contributed by atoms with Gasteiger partial charge in [0, 0.05) is 35.4 Å². The Morgan fingerprint density at radius 1 is 1.21 bits per heavy atom. The second-order valence-electron chi connectivity index (χ2n) is 9.72.